The van der Waals surface area contributed by atoms with Gasteiger partial charge in [-0.2, -0.15) is 0 Å². The van der Waals surface area contributed by atoms with Gasteiger partial charge in [-0.3, -0.25) is 4.79 Å². The Labute approximate surface area is 104 Å². The molecule has 3 nitrogen and oxygen atoms in total. The molecule has 0 aliphatic carbocycles. The fourth-order valence-corrected chi connectivity index (χ4v) is 1.47. The van der Waals surface area contributed by atoms with E-state index in [4.69, 9.17) is 0 Å². The van der Waals surface area contributed by atoms with Crippen molar-refractivity contribution >= 4 is 17.3 Å². The van der Waals surface area contributed by atoms with Crippen LogP contribution < -0.4 is 10.6 Å². The van der Waals surface area contributed by atoms with E-state index < -0.39 is 0 Å². The summed E-state index contributed by atoms with van der Waals surface area (Å²) in [4.78, 5) is 11.0. The fraction of sp³-hybridized carbons (Fsp3) is 0.500. The second kappa shape index (κ2) is 5.21. The van der Waals surface area contributed by atoms with Crippen LogP contribution in [-0.2, 0) is 4.79 Å². The molecule has 0 spiro atoms. The molecule has 0 heterocycles. The van der Waals surface area contributed by atoms with Crippen LogP contribution in [0, 0.1) is 12.3 Å². The van der Waals surface area contributed by atoms with Gasteiger partial charge in [-0.15, -0.1) is 0 Å². The van der Waals surface area contributed by atoms with Crippen LogP contribution in [-0.4, -0.2) is 12.5 Å². The lowest BCUT2D eigenvalue weighted by atomic mass is 9.97. The van der Waals surface area contributed by atoms with Gasteiger partial charge in [0.1, 0.15) is 0 Å². The molecule has 1 rings (SSSR count). The van der Waals surface area contributed by atoms with E-state index in [-0.39, 0.29) is 11.3 Å². The number of benzene rings is 1. The number of nitrogens with one attached hydrogen (secondary N) is 2. The summed E-state index contributed by atoms with van der Waals surface area (Å²) in [5.74, 6) is -0.0384. The van der Waals surface area contributed by atoms with E-state index in [0.717, 1.165) is 23.5 Å². The van der Waals surface area contributed by atoms with Gasteiger partial charge >= 0.3 is 0 Å². The van der Waals surface area contributed by atoms with E-state index in [1.807, 2.05) is 19.1 Å². The highest BCUT2D eigenvalue weighted by Gasteiger charge is 2.09. The Morgan fingerprint density at radius 2 is 1.94 bits per heavy atom. The molecule has 0 radical (unpaired) electrons. The number of rotatable bonds is 3. The van der Waals surface area contributed by atoms with Gasteiger partial charge in [0, 0.05) is 24.8 Å². The van der Waals surface area contributed by atoms with E-state index >= 15 is 0 Å². The zero-order valence-corrected chi connectivity index (χ0v) is 11.3. The highest BCUT2D eigenvalue weighted by molar-refractivity contribution is 5.89. The van der Waals surface area contributed by atoms with Crippen LogP contribution in [0.3, 0.4) is 0 Å². The minimum Gasteiger partial charge on any atom is -0.385 e. The Bertz CT molecular complexity index is 405. The zero-order chi connectivity index (χ0) is 13.1. The molecule has 0 atom stereocenters. The number of hydrogen-bond acceptors (Lipinski definition) is 2. The Morgan fingerprint density at radius 1 is 1.29 bits per heavy atom. The van der Waals surface area contributed by atoms with Crippen molar-refractivity contribution in [3.63, 3.8) is 0 Å². The molecule has 1 aromatic rings. The smallest absolute Gasteiger partial charge is 0.221 e. The number of amides is 1. The minimum absolute atomic E-state index is 0.0384. The van der Waals surface area contributed by atoms with Gasteiger partial charge in [0.15, 0.2) is 0 Å². The summed E-state index contributed by atoms with van der Waals surface area (Å²) >= 11 is 0. The second-order valence-electron chi connectivity index (χ2n) is 5.63. The molecule has 1 amide bonds. The first-order valence-electron chi connectivity index (χ1n) is 5.90. The summed E-state index contributed by atoms with van der Waals surface area (Å²) < 4.78 is 0. The third kappa shape index (κ3) is 4.89. The molecule has 2 N–H and O–H groups in total. The summed E-state index contributed by atoms with van der Waals surface area (Å²) in [5.41, 5.74) is 3.29. The first-order valence-corrected chi connectivity index (χ1v) is 5.90. The first kappa shape index (κ1) is 13.6. The Morgan fingerprint density at radius 3 is 2.41 bits per heavy atom. The molecule has 94 valence electrons. The van der Waals surface area contributed by atoms with E-state index in [0.29, 0.717) is 0 Å². The summed E-state index contributed by atoms with van der Waals surface area (Å²) in [6, 6.07) is 5.97. The topological polar surface area (TPSA) is 41.1 Å². The van der Waals surface area contributed by atoms with E-state index in [9.17, 15) is 4.79 Å². The highest BCUT2D eigenvalue weighted by Crippen LogP contribution is 2.21. The fourth-order valence-electron chi connectivity index (χ4n) is 1.47. The number of carbonyl (C=O) groups is 1. The van der Waals surface area contributed by atoms with Gasteiger partial charge in [0.2, 0.25) is 5.91 Å². The predicted octanol–water partition coefficient (Wildman–Crippen LogP) is 3.41. The second-order valence-corrected chi connectivity index (χ2v) is 5.63. The van der Waals surface area contributed by atoms with Gasteiger partial charge in [-0.05, 0) is 36.1 Å². The average molecular weight is 234 g/mol. The van der Waals surface area contributed by atoms with Gasteiger partial charge < -0.3 is 10.6 Å². The number of carbonyl (C=O) groups excluding carboxylic acids is 1. The van der Waals surface area contributed by atoms with Crippen LogP contribution in [0.1, 0.15) is 33.3 Å². The van der Waals surface area contributed by atoms with Crippen molar-refractivity contribution in [3.8, 4) is 0 Å². The lowest BCUT2D eigenvalue weighted by Crippen LogP contribution is -2.19. The SMILES string of the molecule is CC(=O)Nc1ccc(NCC(C)(C)C)cc1C. The molecular weight excluding hydrogens is 212 g/mol. The number of aryl methyl sites for hydroxylation is 1. The van der Waals surface area contributed by atoms with Crippen molar-refractivity contribution in [3.05, 3.63) is 23.8 Å². The van der Waals surface area contributed by atoms with Crippen molar-refractivity contribution in [2.75, 3.05) is 17.2 Å². The Balaban J connectivity index is 2.72. The van der Waals surface area contributed by atoms with E-state index in [2.05, 4.69) is 37.5 Å². The van der Waals surface area contributed by atoms with Gasteiger partial charge in [-0.1, -0.05) is 20.8 Å². The van der Waals surface area contributed by atoms with Crippen LogP contribution in [0.4, 0.5) is 11.4 Å². The van der Waals surface area contributed by atoms with Crippen molar-refractivity contribution in [2.45, 2.75) is 34.6 Å². The van der Waals surface area contributed by atoms with Crippen molar-refractivity contribution in [2.24, 2.45) is 5.41 Å². The monoisotopic (exact) mass is 234 g/mol. The minimum atomic E-state index is -0.0384. The standard InChI is InChI=1S/C14H22N2O/c1-10-8-12(15-9-14(3,4)5)6-7-13(10)16-11(2)17/h6-8,15H,9H2,1-5H3,(H,16,17). The van der Waals surface area contributed by atoms with Gasteiger partial charge in [0.05, 0.1) is 0 Å². The van der Waals surface area contributed by atoms with Crippen LogP contribution >= 0.6 is 0 Å². The van der Waals surface area contributed by atoms with Crippen LogP contribution in [0.2, 0.25) is 0 Å². The Hall–Kier alpha value is -1.51. The summed E-state index contributed by atoms with van der Waals surface area (Å²) in [5, 5.41) is 6.20. The van der Waals surface area contributed by atoms with E-state index in [1.165, 1.54) is 6.92 Å². The normalized spacial score (nSPS) is 11.1. The molecule has 3 heteroatoms. The third-order valence-corrected chi connectivity index (χ3v) is 2.36. The quantitative estimate of drug-likeness (QED) is 0.841. The van der Waals surface area contributed by atoms with Crippen molar-refractivity contribution in [1.82, 2.24) is 0 Å². The lowest BCUT2D eigenvalue weighted by molar-refractivity contribution is -0.114. The molecule has 17 heavy (non-hydrogen) atoms. The van der Waals surface area contributed by atoms with E-state index in [1.54, 1.807) is 0 Å². The summed E-state index contributed by atoms with van der Waals surface area (Å²) in [6.07, 6.45) is 0. The molecule has 1 aromatic carbocycles. The maximum atomic E-state index is 11.0. The third-order valence-electron chi connectivity index (χ3n) is 2.36. The summed E-state index contributed by atoms with van der Waals surface area (Å²) in [7, 11) is 0. The maximum Gasteiger partial charge on any atom is 0.221 e. The van der Waals surface area contributed by atoms with Crippen LogP contribution in [0.15, 0.2) is 18.2 Å². The predicted molar refractivity (Wildman–Crippen MR) is 73.4 cm³/mol. The van der Waals surface area contributed by atoms with Gasteiger partial charge in [-0.25, -0.2) is 0 Å². The van der Waals surface area contributed by atoms with Crippen molar-refractivity contribution in [1.29, 1.82) is 0 Å². The first-order chi connectivity index (χ1) is 7.78. The lowest BCUT2D eigenvalue weighted by Gasteiger charge is -2.20. The molecule has 0 bridgehead atoms. The maximum absolute atomic E-state index is 11.0. The molecule has 0 unspecified atom stereocenters. The zero-order valence-electron chi connectivity index (χ0n) is 11.3. The number of hydrogen-bond donors (Lipinski definition) is 2. The average Bonchev–Trinajstić information content (AvgIpc) is 2.17. The molecule has 0 aliphatic rings. The molecule has 0 fully saturated rings. The largest absolute Gasteiger partial charge is 0.385 e. The molecule has 0 aromatic heterocycles. The van der Waals surface area contributed by atoms with Crippen molar-refractivity contribution < 1.29 is 4.79 Å². The molecule has 0 saturated carbocycles. The molecular formula is C14H22N2O. The number of anilines is 2. The van der Waals surface area contributed by atoms with Gasteiger partial charge in [0.25, 0.3) is 0 Å². The summed E-state index contributed by atoms with van der Waals surface area (Å²) in [6.45, 7) is 11.0. The molecule has 0 aliphatic heterocycles. The van der Waals surface area contributed by atoms with Crippen LogP contribution in [0.25, 0.3) is 0 Å². The molecule has 0 saturated heterocycles. The van der Waals surface area contributed by atoms with Crippen LogP contribution in [0.5, 0.6) is 0 Å². The Kier molecular flexibility index (Phi) is 4.16. The highest BCUT2D eigenvalue weighted by atomic mass is 16.1.